The Labute approximate surface area is 123 Å². The van der Waals surface area contributed by atoms with E-state index in [2.05, 4.69) is 56.4 Å². The van der Waals surface area contributed by atoms with Gasteiger partial charge in [0, 0.05) is 15.1 Å². The molecule has 1 unspecified atom stereocenters. The van der Waals surface area contributed by atoms with Crippen molar-refractivity contribution in [2.24, 2.45) is 0 Å². The summed E-state index contributed by atoms with van der Waals surface area (Å²) in [4.78, 5) is 7.43. The zero-order chi connectivity index (χ0) is 14.1. The second-order valence-corrected chi connectivity index (χ2v) is 6.48. The Bertz CT molecular complexity index is 746. The van der Waals surface area contributed by atoms with E-state index >= 15 is 0 Å². The van der Waals surface area contributed by atoms with Crippen LogP contribution in [0.25, 0.3) is 10.9 Å². The molecule has 0 saturated heterocycles. The van der Waals surface area contributed by atoms with Crippen molar-refractivity contribution in [1.82, 2.24) is 4.98 Å². The number of rotatable bonds is 3. The first-order chi connectivity index (χ1) is 9.63. The number of aromatic nitrogens is 1. The van der Waals surface area contributed by atoms with Crippen LogP contribution in [0.5, 0.6) is 0 Å². The van der Waals surface area contributed by atoms with Gasteiger partial charge in [0.25, 0.3) is 0 Å². The normalized spacial score (nSPS) is 12.6. The fraction of sp³-hybridized carbons (Fsp3) is 0.235. The second-order valence-electron chi connectivity index (χ2n) is 5.16. The lowest BCUT2D eigenvalue weighted by Crippen LogP contribution is -2.07. The molecule has 1 atom stereocenters. The maximum absolute atomic E-state index is 4.74. The molecule has 2 nitrogen and oxygen atoms in total. The summed E-state index contributed by atoms with van der Waals surface area (Å²) in [5, 5.41) is 4.72. The molecule has 0 bridgehead atoms. The third-order valence-corrected chi connectivity index (χ3v) is 4.64. The van der Waals surface area contributed by atoms with E-state index < -0.39 is 0 Å². The first kappa shape index (κ1) is 13.1. The quantitative estimate of drug-likeness (QED) is 0.724. The minimum atomic E-state index is 0.279. The Kier molecular flexibility index (Phi) is 3.45. The molecule has 102 valence electrons. The number of nitrogens with zero attached hydrogens (tertiary/aromatic N) is 1. The molecule has 0 spiro atoms. The highest BCUT2D eigenvalue weighted by atomic mass is 32.1. The molecule has 3 heteroatoms. The van der Waals surface area contributed by atoms with Crippen LogP contribution in [-0.2, 0) is 0 Å². The Morgan fingerprint density at radius 3 is 2.65 bits per heavy atom. The van der Waals surface area contributed by atoms with Crippen LogP contribution < -0.4 is 5.32 Å². The van der Waals surface area contributed by atoms with Gasteiger partial charge in [-0.25, -0.2) is 4.98 Å². The van der Waals surface area contributed by atoms with Crippen LogP contribution in [0.3, 0.4) is 0 Å². The average molecular weight is 282 g/mol. The SMILES string of the molecule is Cc1ccc(C(C)Nc2nc3ccccc3cc2C)s1. The number of aryl methyl sites for hydroxylation is 2. The van der Waals surface area contributed by atoms with Gasteiger partial charge in [0.2, 0.25) is 0 Å². The third-order valence-electron chi connectivity index (χ3n) is 3.46. The largest absolute Gasteiger partial charge is 0.362 e. The van der Waals surface area contributed by atoms with Crippen molar-refractivity contribution in [2.45, 2.75) is 26.8 Å². The number of fused-ring (bicyclic) bond motifs is 1. The fourth-order valence-electron chi connectivity index (χ4n) is 2.33. The van der Waals surface area contributed by atoms with Gasteiger partial charge < -0.3 is 5.32 Å². The molecule has 0 aliphatic carbocycles. The van der Waals surface area contributed by atoms with E-state index in [-0.39, 0.29) is 6.04 Å². The average Bonchev–Trinajstić information content (AvgIpc) is 2.86. The molecule has 2 aromatic heterocycles. The minimum Gasteiger partial charge on any atom is -0.362 e. The summed E-state index contributed by atoms with van der Waals surface area (Å²) in [6.45, 7) is 6.43. The van der Waals surface area contributed by atoms with Crippen LogP contribution in [0.2, 0.25) is 0 Å². The number of nitrogens with one attached hydrogen (secondary N) is 1. The molecule has 0 aliphatic heterocycles. The number of pyridine rings is 1. The van der Waals surface area contributed by atoms with E-state index in [1.807, 2.05) is 23.5 Å². The Morgan fingerprint density at radius 1 is 1.10 bits per heavy atom. The standard InChI is InChI=1S/C17H18N2S/c1-11-10-14-6-4-5-7-15(14)19-17(11)18-13(3)16-9-8-12(2)20-16/h4-10,13H,1-3H3,(H,18,19). The van der Waals surface area contributed by atoms with Gasteiger partial charge in [0.1, 0.15) is 5.82 Å². The van der Waals surface area contributed by atoms with Gasteiger partial charge in [-0.2, -0.15) is 0 Å². The van der Waals surface area contributed by atoms with Crippen LogP contribution in [0.1, 0.15) is 28.3 Å². The van der Waals surface area contributed by atoms with Gasteiger partial charge in [-0.1, -0.05) is 18.2 Å². The predicted molar refractivity (Wildman–Crippen MR) is 87.6 cm³/mol. The van der Waals surface area contributed by atoms with Gasteiger partial charge in [-0.05, 0) is 50.6 Å². The number of thiophene rings is 1. The lowest BCUT2D eigenvalue weighted by molar-refractivity contribution is 0.895. The summed E-state index contributed by atoms with van der Waals surface area (Å²) in [5.41, 5.74) is 2.22. The van der Waals surface area contributed by atoms with Gasteiger partial charge in [0.05, 0.1) is 11.6 Å². The zero-order valence-corrected chi connectivity index (χ0v) is 12.8. The van der Waals surface area contributed by atoms with Crippen molar-refractivity contribution in [2.75, 3.05) is 5.32 Å². The minimum absolute atomic E-state index is 0.279. The Hall–Kier alpha value is -1.87. The summed E-state index contributed by atoms with van der Waals surface area (Å²) in [5.74, 6) is 0.974. The van der Waals surface area contributed by atoms with Crippen LogP contribution >= 0.6 is 11.3 Å². The maximum Gasteiger partial charge on any atom is 0.130 e. The monoisotopic (exact) mass is 282 g/mol. The molecular formula is C17H18N2S. The van der Waals surface area contributed by atoms with Gasteiger partial charge in [-0.3, -0.25) is 0 Å². The number of hydrogen-bond acceptors (Lipinski definition) is 3. The highest BCUT2D eigenvalue weighted by Gasteiger charge is 2.10. The molecule has 0 fully saturated rings. The van der Waals surface area contributed by atoms with E-state index in [0.29, 0.717) is 0 Å². The fourth-order valence-corrected chi connectivity index (χ4v) is 3.21. The second kappa shape index (κ2) is 5.25. The van der Waals surface area contributed by atoms with Crippen molar-refractivity contribution in [1.29, 1.82) is 0 Å². The van der Waals surface area contributed by atoms with Crippen molar-refractivity contribution in [3.63, 3.8) is 0 Å². The molecule has 0 amide bonds. The molecule has 0 saturated carbocycles. The van der Waals surface area contributed by atoms with Gasteiger partial charge >= 0.3 is 0 Å². The molecule has 1 aromatic carbocycles. The van der Waals surface area contributed by atoms with Gasteiger partial charge in [-0.15, -0.1) is 11.3 Å². The lowest BCUT2D eigenvalue weighted by atomic mass is 10.1. The Morgan fingerprint density at radius 2 is 1.90 bits per heavy atom. The van der Waals surface area contributed by atoms with Crippen molar-refractivity contribution in [3.05, 3.63) is 57.8 Å². The first-order valence-electron chi connectivity index (χ1n) is 6.83. The molecule has 3 aromatic rings. The van der Waals surface area contributed by atoms with Crippen molar-refractivity contribution in [3.8, 4) is 0 Å². The van der Waals surface area contributed by atoms with E-state index in [1.54, 1.807) is 0 Å². The molecule has 20 heavy (non-hydrogen) atoms. The zero-order valence-electron chi connectivity index (χ0n) is 12.0. The molecule has 0 radical (unpaired) electrons. The van der Waals surface area contributed by atoms with E-state index in [9.17, 15) is 0 Å². The number of benzene rings is 1. The van der Waals surface area contributed by atoms with E-state index in [0.717, 1.165) is 11.3 Å². The van der Waals surface area contributed by atoms with Crippen molar-refractivity contribution < 1.29 is 0 Å². The molecule has 3 rings (SSSR count). The Balaban J connectivity index is 1.92. The topological polar surface area (TPSA) is 24.9 Å². The highest BCUT2D eigenvalue weighted by molar-refractivity contribution is 7.12. The summed E-state index contributed by atoms with van der Waals surface area (Å²) >= 11 is 1.83. The van der Waals surface area contributed by atoms with Crippen LogP contribution in [-0.4, -0.2) is 4.98 Å². The molecular weight excluding hydrogens is 264 g/mol. The van der Waals surface area contributed by atoms with Crippen LogP contribution in [0, 0.1) is 13.8 Å². The van der Waals surface area contributed by atoms with Crippen molar-refractivity contribution >= 4 is 28.1 Å². The third kappa shape index (κ3) is 2.54. The summed E-state index contributed by atoms with van der Waals surface area (Å²) in [6, 6.07) is 15.1. The number of anilines is 1. The van der Waals surface area contributed by atoms with E-state index in [1.165, 1.54) is 20.7 Å². The summed E-state index contributed by atoms with van der Waals surface area (Å²) < 4.78 is 0. The number of para-hydroxylation sites is 1. The smallest absolute Gasteiger partial charge is 0.130 e. The predicted octanol–water partition coefficient (Wildman–Crippen LogP) is 5.09. The molecule has 0 aliphatic rings. The molecule has 1 N–H and O–H groups in total. The molecule has 2 heterocycles. The summed E-state index contributed by atoms with van der Waals surface area (Å²) in [7, 11) is 0. The first-order valence-corrected chi connectivity index (χ1v) is 7.64. The maximum atomic E-state index is 4.74. The number of hydrogen-bond donors (Lipinski definition) is 1. The lowest BCUT2D eigenvalue weighted by Gasteiger charge is -2.15. The van der Waals surface area contributed by atoms with Crippen LogP contribution in [0.15, 0.2) is 42.5 Å². The highest BCUT2D eigenvalue weighted by Crippen LogP contribution is 2.27. The van der Waals surface area contributed by atoms with Crippen LogP contribution in [0.4, 0.5) is 5.82 Å². The summed E-state index contributed by atoms with van der Waals surface area (Å²) in [6.07, 6.45) is 0. The van der Waals surface area contributed by atoms with Gasteiger partial charge in [0.15, 0.2) is 0 Å². The van der Waals surface area contributed by atoms with E-state index in [4.69, 9.17) is 4.98 Å².